The van der Waals surface area contributed by atoms with Gasteiger partial charge in [-0.2, -0.15) is 13.2 Å². The van der Waals surface area contributed by atoms with Gasteiger partial charge >= 0.3 is 6.18 Å². The van der Waals surface area contributed by atoms with E-state index in [1.807, 2.05) is 30.3 Å². The van der Waals surface area contributed by atoms with Crippen LogP contribution in [-0.2, 0) is 0 Å². The quantitative estimate of drug-likeness (QED) is 0.531. The van der Waals surface area contributed by atoms with Crippen LogP contribution in [0.15, 0.2) is 35.3 Å². The van der Waals surface area contributed by atoms with Crippen molar-refractivity contribution < 1.29 is 17.9 Å². The van der Waals surface area contributed by atoms with Crippen molar-refractivity contribution in [3.63, 3.8) is 0 Å². The lowest BCUT2D eigenvalue weighted by molar-refractivity contribution is -0.142. The van der Waals surface area contributed by atoms with Gasteiger partial charge in [-0.25, -0.2) is 0 Å². The van der Waals surface area contributed by atoms with E-state index in [1.54, 1.807) is 7.05 Å². The average Bonchev–Trinajstić information content (AvgIpc) is 2.65. The Balaban J connectivity index is 1.63. The minimum Gasteiger partial charge on any atom is -0.492 e. The number of ether oxygens (including phenoxy) is 1. The molecule has 0 aromatic heterocycles. The van der Waals surface area contributed by atoms with E-state index in [9.17, 15) is 13.2 Å². The molecule has 1 aliphatic rings. The molecule has 6 nitrogen and oxygen atoms in total. The highest BCUT2D eigenvalue weighted by Crippen LogP contribution is 2.15. The first-order valence-corrected chi connectivity index (χ1v) is 9.48. The van der Waals surface area contributed by atoms with Gasteiger partial charge in [0.2, 0.25) is 0 Å². The van der Waals surface area contributed by atoms with Gasteiger partial charge in [0.05, 0.1) is 6.54 Å². The average molecular weight is 401 g/mol. The lowest BCUT2D eigenvalue weighted by Crippen LogP contribution is -2.53. The molecular weight excluding hydrogens is 371 g/mol. The monoisotopic (exact) mass is 401 g/mol. The molecule has 1 aliphatic heterocycles. The van der Waals surface area contributed by atoms with E-state index < -0.39 is 12.7 Å². The second kappa shape index (κ2) is 11.1. The third kappa shape index (κ3) is 8.35. The van der Waals surface area contributed by atoms with E-state index in [4.69, 9.17) is 4.74 Å². The van der Waals surface area contributed by atoms with Crippen LogP contribution in [0.3, 0.4) is 0 Å². The molecule has 1 heterocycles. The van der Waals surface area contributed by atoms with Crippen molar-refractivity contribution in [2.75, 3.05) is 73.1 Å². The lowest BCUT2D eigenvalue weighted by Gasteiger charge is -2.36. The number of hydrogen-bond donors (Lipinski definition) is 1. The Morgan fingerprint density at radius 2 is 1.86 bits per heavy atom. The number of piperazine rings is 1. The molecule has 1 N–H and O–H groups in total. The number of alkyl halides is 3. The maximum Gasteiger partial charge on any atom is 0.401 e. The molecular formula is C19H30F3N5O. The predicted octanol–water partition coefficient (Wildman–Crippen LogP) is 1.75. The highest BCUT2D eigenvalue weighted by molar-refractivity contribution is 5.80. The van der Waals surface area contributed by atoms with Crippen LogP contribution in [0, 0.1) is 0 Å². The van der Waals surface area contributed by atoms with Gasteiger partial charge in [0.15, 0.2) is 5.96 Å². The van der Waals surface area contributed by atoms with E-state index in [2.05, 4.69) is 20.1 Å². The Kier molecular flexibility index (Phi) is 8.85. The van der Waals surface area contributed by atoms with Crippen molar-refractivity contribution in [2.45, 2.75) is 6.18 Å². The number of halogens is 3. The minimum atomic E-state index is -4.17. The summed E-state index contributed by atoms with van der Waals surface area (Å²) in [7, 11) is 3.16. The molecule has 158 valence electrons. The third-order valence-electron chi connectivity index (χ3n) is 4.53. The first-order valence-electron chi connectivity index (χ1n) is 9.48. The molecule has 1 fully saturated rings. The van der Waals surface area contributed by atoms with Gasteiger partial charge in [-0.05, 0) is 19.2 Å². The number of nitrogens with one attached hydrogen (secondary N) is 1. The zero-order chi connectivity index (χ0) is 20.4. The molecule has 28 heavy (non-hydrogen) atoms. The fraction of sp³-hybridized carbons (Fsp3) is 0.632. The fourth-order valence-electron chi connectivity index (χ4n) is 3.07. The van der Waals surface area contributed by atoms with E-state index in [0.29, 0.717) is 19.7 Å². The number of guanidine groups is 1. The Labute approximate surface area is 165 Å². The van der Waals surface area contributed by atoms with Gasteiger partial charge in [-0.3, -0.25) is 14.8 Å². The van der Waals surface area contributed by atoms with Crippen LogP contribution < -0.4 is 10.1 Å². The molecule has 0 bridgehead atoms. The van der Waals surface area contributed by atoms with Crippen LogP contribution in [0.4, 0.5) is 13.2 Å². The van der Waals surface area contributed by atoms with Gasteiger partial charge in [0, 0.05) is 52.9 Å². The number of benzene rings is 1. The summed E-state index contributed by atoms with van der Waals surface area (Å²) in [6.07, 6.45) is -4.17. The summed E-state index contributed by atoms with van der Waals surface area (Å²) in [4.78, 5) is 9.99. The largest absolute Gasteiger partial charge is 0.492 e. The van der Waals surface area contributed by atoms with Crippen molar-refractivity contribution in [2.24, 2.45) is 4.99 Å². The Hall–Kier alpha value is -2.00. The molecule has 1 saturated heterocycles. The van der Waals surface area contributed by atoms with E-state index in [0.717, 1.165) is 44.4 Å². The summed E-state index contributed by atoms with van der Waals surface area (Å²) < 4.78 is 42.8. The zero-order valence-electron chi connectivity index (χ0n) is 16.6. The second-order valence-electron chi connectivity index (χ2n) is 6.82. The van der Waals surface area contributed by atoms with E-state index in [1.165, 1.54) is 11.9 Å². The number of nitrogens with zero attached hydrogens (tertiary/aromatic N) is 4. The normalized spacial score (nSPS) is 16.5. The smallest absolute Gasteiger partial charge is 0.401 e. The van der Waals surface area contributed by atoms with Gasteiger partial charge in [0.1, 0.15) is 12.4 Å². The second-order valence-corrected chi connectivity index (χ2v) is 6.82. The summed E-state index contributed by atoms with van der Waals surface area (Å²) in [5.41, 5.74) is 0. The third-order valence-corrected chi connectivity index (χ3v) is 4.53. The number of likely N-dealkylation sites (N-methyl/N-ethyl adjacent to an activating group) is 1. The van der Waals surface area contributed by atoms with Crippen molar-refractivity contribution in [1.29, 1.82) is 0 Å². The van der Waals surface area contributed by atoms with Crippen LogP contribution in [0.2, 0.25) is 0 Å². The number of hydrogen-bond acceptors (Lipinski definition) is 4. The van der Waals surface area contributed by atoms with E-state index in [-0.39, 0.29) is 0 Å². The summed E-state index contributed by atoms with van der Waals surface area (Å²) in [5.74, 6) is 1.61. The first kappa shape index (κ1) is 22.3. The maximum atomic E-state index is 12.4. The minimum absolute atomic E-state index is 0.301. The highest BCUT2D eigenvalue weighted by Gasteiger charge is 2.29. The van der Waals surface area contributed by atoms with Crippen molar-refractivity contribution in [3.8, 4) is 5.75 Å². The number of rotatable bonds is 8. The molecule has 9 heteroatoms. The van der Waals surface area contributed by atoms with Gasteiger partial charge in [-0.15, -0.1) is 0 Å². The predicted molar refractivity (Wildman–Crippen MR) is 105 cm³/mol. The van der Waals surface area contributed by atoms with Crippen molar-refractivity contribution >= 4 is 5.96 Å². The Bertz CT molecular complexity index is 589. The summed E-state index contributed by atoms with van der Waals surface area (Å²) >= 11 is 0. The molecule has 0 unspecified atom stereocenters. The number of para-hydroxylation sites is 1. The highest BCUT2D eigenvalue weighted by atomic mass is 19.4. The van der Waals surface area contributed by atoms with Crippen LogP contribution in [0.25, 0.3) is 0 Å². The molecule has 0 aliphatic carbocycles. The molecule has 1 aromatic carbocycles. The number of aliphatic imine (C=N–C) groups is 1. The van der Waals surface area contributed by atoms with Crippen LogP contribution in [-0.4, -0.2) is 99.9 Å². The van der Waals surface area contributed by atoms with Crippen LogP contribution >= 0.6 is 0 Å². The molecule has 0 radical (unpaired) electrons. The van der Waals surface area contributed by atoms with Crippen LogP contribution in [0.1, 0.15) is 0 Å². The van der Waals surface area contributed by atoms with Gasteiger partial charge in [0.25, 0.3) is 0 Å². The molecule has 1 aromatic rings. The molecule has 0 atom stereocenters. The zero-order valence-corrected chi connectivity index (χ0v) is 16.6. The standard InChI is InChI=1S/C19H30F3N5O/c1-23-18(24-8-9-25(2)16-19(20,21)22)27-12-10-26(11-13-27)14-15-28-17-6-4-3-5-7-17/h3-7H,8-16H2,1-2H3,(H,23,24). The Morgan fingerprint density at radius 1 is 1.18 bits per heavy atom. The topological polar surface area (TPSA) is 43.3 Å². The fourth-order valence-corrected chi connectivity index (χ4v) is 3.07. The van der Waals surface area contributed by atoms with Gasteiger partial charge in [-0.1, -0.05) is 18.2 Å². The summed E-state index contributed by atoms with van der Waals surface area (Å²) in [6.45, 7) is 4.75. The first-order chi connectivity index (χ1) is 13.4. The summed E-state index contributed by atoms with van der Waals surface area (Å²) in [6, 6.07) is 9.75. The molecule has 0 amide bonds. The lowest BCUT2D eigenvalue weighted by atomic mass is 10.3. The Morgan fingerprint density at radius 3 is 2.46 bits per heavy atom. The molecule has 0 spiro atoms. The molecule has 0 saturated carbocycles. The van der Waals surface area contributed by atoms with Crippen molar-refractivity contribution in [1.82, 2.24) is 20.0 Å². The SMILES string of the molecule is CN=C(NCCN(C)CC(F)(F)F)N1CCN(CCOc2ccccc2)CC1. The molecule has 2 rings (SSSR count). The van der Waals surface area contributed by atoms with Gasteiger partial charge < -0.3 is 15.0 Å². The summed E-state index contributed by atoms with van der Waals surface area (Å²) in [5, 5.41) is 3.16. The maximum absolute atomic E-state index is 12.4. The van der Waals surface area contributed by atoms with Crippen LogP contribution in [0.5, 0.6) is 5.75 Å². The van der Waals surface area contributed by atoms with Crippen molar-refractivity contribution in [3.05, 3.63) is 30.3 Å². The van der Waals surface area contributed by atoms with E-state index >= 15 is 0 Å².